The van der Waals surface area contributed by atoms with Crippen molar-refractivity contribution >= 4 is 29.5 Å². The summed E-state index contributed by atoms with van der Waals surface area (Å²) in [6, 6.07) is 24.0. The zero-order valence-corrected chi connectivity index (χ0v) is 17.2. The molecule has 0 bridgehead atoms. The van der Waals surface area contributed by atoms with Crippen LogP contribution in [0, 0.1) is 0 Å². The van der Waals surface area contributed by atoms with Gasteiger partial charge in [0, 0.05) is 23.7 Å². The van der Waals surface area contributed by atoms with Crippen LogP contribution in [0.4, 0.5) is 5.69 Å². The van der Waals surface area contributed by atoms with Gasteiger partial charge in [0.25, 0.3) is 5.91 Å². The van der Waals surface area contributed by atoms with Gasteiger partial charge in [0.15, 0.2) is 0 Å². The highest BCUT2D eigenvalue weighted by Gasteiger charge is 2.21. The number of hydrogen-bond donors (Lipinski definition) is 4. The summed E-state index contributed by atoms with van der Waals surface area (Å²) >= 11 is 0. The van der Waals surface area contributed by atoms with Gasteiger partial charge in [0.1, 0.15) is 6.04 Å². The molecule has 0 fully saturated rings. The monoisotopic (exact) mass is 429 g/mol. The molecule has 7 nitrogen and oxygen atoms in total. The molecule has 32 heavy (non-hydrogen) atoms. The lowest BCUT2D eigenvalue weighted by molar-refractivity contribution is -0.123. The smallest absolute Gasteiger partial charge is 0.274 e. The van der Waals surface area contributed by atoms with E-state index >= 15 is 0 Å². The van der Waals surface area contributed by atoms with E-state index in [0.717, 1.165) is 11.1 Å². The third-order valence-corrected chi connectivity index (χ3v) is 4.66. The number of rotatable bonds is 8. The molecule has 0 spiro atoms. The van der Waals surface area contributed by atoms with Crippen LogP contribution in [0.15, 0.2) is 91.0 Å². The topological polar surface area (TPSA) is 108 Å². The molecule has 0 aliphatic heterocycles. The minimum atomic E-state index is -0.814. The maximum absolute atomic E-state index is 12.9. The first-order valence-corrected chi connectivity index (χ1v) is 9.98. The van der Waals surface area contributed by atoms with Crippen LogP contribution in [-0.4, -0.2) is 29.0 Å². The fraction of sp³-hybridized carbons (Fsp3) is 0.0800. The molecule has 162 valence electrons. The average molecular weight is 429 g/mol. The highest BCUT2D eigenvalue weighted by Crippen LogP contribution is 2.12. The second-order valence-corrected chi connectivity index (χ2v) is 7.00. The van der Waals surface area contributed by atoms with Crippen molar-refractivity contribution in [2.45, 2.75) is 12.5 Å². The van der Waals surface area contributed by atoms with E-state index in [1.165, 1.54) is 18.2 Å². The van der Waals surface area contributed by atoms with Crippen molar-refractivity contribution < 1.29 is 19.6 Å². The third kappa shape index (κ3) is 6.65. The number of hydroxylamine groups is 1. The van der Waals surface area contributed by atoms with Gasteiger partial charge in [0.05, 0.1) is 0 Å². The van der Waals surface area contributed by atoms with E-state index in [0.29, 0.717) is 12.1 Å². The number of anilines is 1. The molecule has 0 saturated heterocycles. The quantitative estimate of drug-likeness (QED) is 0.251. The molecule has 0 radical (unpaired) electrons. The number of benzene rings is 3. The summed E-state index contributed by atoms with van der Waals surface area (Å²) in [5.41, 5.74) is 4.02. The SMILES string of the molecule is O=C(/C=C\c1ccccc1)N[C@@H](Cc1ccccc1)C(=O)Nc1ccc(C(=O)NO)cc1. The number of hydrogen-bond acceptors (Lipinski definition) is 4. The first-order chi connectivity index (χ1) is 15.5. The highest BCUT2D eigenvalue weighted by molar-refractivity contribution is 6.00. The Labute approximate surface area is 185 Å². The van der Waals surface area contributed by atoms with Crippen LogP contribution in [0.25, 0.3) is 6.08 Å². The van der Waals surface area contributed by atoms with Crippen LogP contribution in [-0.2, 0) is 16.0 Å². The molecular weight excluding hydrogens is 406 g/mol. The fourth-order valence-corrected chi connectivity index (χ4v) is 3.01. The molecule has 7 heteroatoms. The maximum Gasteiger partial charge on any atom is 0.274 e. The zero-order valence-electron chi connectivity index (χ0n) is 17.2. The molecule has 0 unspecified atom stereocenters. The Bertz CT molecular complexity index is 1080. The minimum absolute atomic E-state index is 0.241. The van der Waals surface area contributed by atoms with Gasteiger partial charge in [-0.3, -0.25) is 19.6 Å². The first kappa shape index (κ1) is 22.5. The molecule has 3 aromatic carbocycles. The van der Waals surface area contributed by atoms with Crippen molar-refractivity contribution in [3.05, 3.63) is 108 Å². The molecule has 0 aromatic heterocycles. The average Bonchev–Trinajstić information content (AvgIpc) is 2.83. The molecule has 3 amide bonds. The molecule has 0 aliphatic rings. The Kier molecular flexibility index (Phi) is 7.89. The summed E-state index contributed by atoms with van der Waals surface area (Å²) in [4.78, 5) is 36.9. The van der Waals surface area contributed by atoms with E-state index in [9.17, 15) is 14.4 Å². The molecule has 0 saturated carbocycles. The lowest BCUT2D eigenvalue weighted by Gasteiger charge is -2.18. The molecule has 1 atom stereocenters. The van der Waals surface area contributed by atoms with Gasteiger partial charge in [-0.15, -0.1) is 0 Å². The van der Waals surface area contributed by atoms with Crippen molar-refractivity contribution in [1.82, 2.24) is 10.8 Å². The Balaban J connectivity index is 1.71. The Morgan fingerprint density at radius 3 is 2.09 bits per heavy atom. The maximum atomic E-state index is 12.9. The van der Waals surface area contributed by atoms with Gasteiger partial charge in [-0.25, -0.2) is 5.48 Å². The van der Waals surface area contributed by atoms with Gasteiger partial charge in [-0.05, 0) is 41.5 Å². The van der Waals surface area contributed by atoms with E-state index in [1.54, 1.807) is 23.7 Å². The van der Waals surface area contributed by atoms with Gasteiger partial charge in [-0.2, -0.15) is 0 Å². The second kappa shape index (κ2) is 11.2. The number of carbonyl (C=O) groups is 3. The van der Waals surface area contributed by atoms with Crippen LogP contribution < -0.4 is 16.1 Å². The predicted molar refractivity (Wildman–Crippen MR) is 122 cm³/mol. The van der Waals surface area contributed by atoms with Crippen molar-refractivity contribution in [3.8, 4) is 0 Å². The van der Waals surface area contributed by atoms with E-state index in [-0.39, 0.29) is 11.5 Å². The van der Waals surface area contributed by atoms with E-state index in [1.807, 2.05) is 60.7 Å². The summed E-state index contributed by atoms with van der Waals surface area (Å²) in [6.45, 7) is 0. The molecular formula is C25H23N3O4. The third-order valence-electron chi connectivity index (χ3n) is 4.66. The minimum Gasteiger partial charge on any atom is -0.340 e. The molecule has 0 heterocycles. The molecule has 4 N–H and O–H groups in total. The van der Waals surface area contributed by atoms with Crippen molar-refractivity contribution in [2.24, 2.45) is 0 Å². The lowest BCUT2D eigenvalue weighted by atomic mass is 10.0. The van der Waals surface area contributed by atoms with Crippen LogP contribution in [0.3, 0.4) is 0 Å². The summed E-state index contributed by atoms with van der Waals surface area (Å²) in [7, 11) is 0. The van der Waals surface area contributed by atoms with Crippen molar-refractivity contribution in [1.29, 1.82) is 0 Å². The Hall–Kier alpha value is -4.23. The summed E-state index contributed by atoms with van der Waals surface area (Å²) in [5.74, 6) is -1.43. The van der Waals surface area contributed by atoms with Crippen molar-refractivity contribution in [2.75, 3.05) is 5.32 Å². The second-order valence-electron chi connectivity index (χ2n) is 7.00. The zero-order chi connectivity index (χ0) is 22.8. The Morgan fingerprint density at radius 2 is 1.47 bits per heavy atom. The van der Waals surface area contributed by atoms with Crippen molar-refractivity contribution in [3.63, 3.8) is 0 Å². The van der Waals surface area contributed by atoms with Crippen LogP contribution >= 0.6 is 0 Å². The fourth-order valence-electron chi connectivity index (χ4n) is 3.01. The normalized spacial score (nSPS) is 11.5. The van der Waals surface area contributed by atoms with Gasteiger partial charge < -0.3 is 10.6 Å². The number of amides is 3. The first-order valence-electron chi connectivity index (χ1n) is 9.98. The number of carbonyl (C=O) groups excluding carboxylic acids is 3. The number of nitrogens with one attached hydrogen (secondary N) is 3. The highest BCUT2D eigenvalue weighted by atomic mass is 16.5. The van der Waals surface area contributed by atoms with Crippen LogP contribution in [0.5, 0.6) is 0 Å². The standard InChI is InChI=1S/C25H23N3O4/c29-23(16-11-18-7-3-1-4-8-18)27-22(17-19-9-5-2-6-10-19)25(31)26-21-14-12-20(13-15-21)24(30)28-32/h1-16,22,32H,17H2,(H,26,31)(H,27,29)(H,28,30)/b16-11-/t22-/m0/s1. The summed E-state index contributed by atoms with van der Waals surface area (Å²) in [6.07, 6.45) is 3.38. The van der Waals surface area contributed by atoms with Gasteiger partial charge in [-0.1, -0.05) is 60.7 Å². The van der Waals surface area contributed by atoms with E-state index in [2.05, 4.69) is 10.6 Å². The van der Waals surface area contributed by atoms with E-state index < -0.39 is 17.9 Å². The summed E-state index contributed by atoms with van der Waals surface area (Å²) < 4.78 is 0. The van der Waals surface area contributed by atoms with E-state index in [4.69, 9.17) is 5.21 Å². The molecule has 0 aliphatic carbocycles. The largest absolute Gasteiger partial charge is 0.340 e. The molecule has 3 aromatic rings. The van der Waals surface area contributed by atoms with Gasteiger partial charge in [0.2, 0.25) is 11.8 Å². The van der Waals surface area contributed by atoms with Crippen LogP contribution in [0.2, 0.25) is 0 Å². The summed E-state index contributed by atoms with van der Waals surface area (Å²) in [5, 5.41) is 14.2. The predicted octanol–water partition coefficient (Wildman–Crippen LogP) is 3.19. The molecule has 3 rings (SSSR count). The Morgan fingerprint density at radius 1 is 0.844 bits per heavy atom. The van der Waals surface area contributed by atoms with Crippen LogP contribution in [0.1, 0.15) is 21.5 Å². The van der Waals surface area contributed by atoms with Gasteiger partial charge >= 0.3 is 0 Å². The lowest BCUT2D eigenvalue weighted by Crippen LogP contribution is -2.44.